The van der Waals surface area contributed by atoms with Crippen molar-refractivity contribution in [1.82, 2.24) is 10.9 Å². The summed E-state index contributed by atoms with van der Waals surface area (Å²) in [6.07, 6.45) is 0.482. The number of benzene rings is 2. The number of hydrazine groups is 1. The smallest absolute Gasteiger partial charge is 0.306 e. The van der Waals surface area contributed by atoms with Crippen LogP contribution in [-0.4, -0.2) is 31.0 Å². The van der Waals surface area contributed by atoms with Crippen LogP contribution in [-0.2, 0) is 25.5 Å². The molecule has 0 aromatic heterocycles. The topological polar surface area (TPSA) is 93.7 Å². The minimum absolute atomic E-state index is 0.0592. The largest absolute Gasteiger partial charge is 0.484 e. The predicted octanol–water partition coefficient (Wildman–Crippen LogP) is 2.09. The van der Waals surface area contributed by atoms with Crippen molar-refractivity contribution in [1.29, 1.82) is 0 Å². The van der Waals surface area contributed by atoms with Crippen molar-refractivity contribution >= 4 is 17.8 Å². The minimum Gasteiger partial charge on any atom is -0.484 e. The standard InChI is InChI=1S/C21H24N2O5/c1-16-7-9-18(10-8-16)28-15-20(25)23-22-19(24)11-12-21(26)27-14-13-17-5-3-2-4-6-17/h2-10H,11-15H2,1H3,(H,22,24)(H,23,25). The first-order valence-corrected chi connectivity index (χ1v) is 8.99. The Morgan fingerprint density at radius 1 is 0.857 bits per heavy atom. The van der Waals surface area contributed by atoms with Crippen molar-refractivity contribution in [3.8, 4) is 5.75 Å². The van der Waals surface area contributed by atoms with Crippen LogP contribution in [0.25, 0.3) is 0 Å². The number of hydrogen-bond acceptors (Lipinski definition) is 5. The molecule has 0 atom stereocenters. The van der Waals surface area contributed by atoms with Gasteiger partial charge in [0.25, 0.3) is 5.91 Å². The number of ether oxygens (including phenoxy) is 2. The fourth-order valence-electron chi connectivity index (χ4n) is 2.24. The number of rotatable bonds is 9. The summed E-state index contributed by atoms with van der Waals surface area (Å²) in [5, 5.41) is 0. The van der Waals surface area contributed by atoms with E-state index < -0.39 is 17.8 Å². The van der Waals surface area contributed by atoms with Gasteiger partial charge in [-0.05, 0) is 24.6 Å². The fraction of sp³-hybridized carbons (Fsp3) is 0.286. The zero-order valence-corrected chi connectivity index (χ0v) is 15.8. The molecule has 2 amide bonds. The average molecular weight is 384 g/mol. The molecule has 0 unspecified atom stereocenters. The predicted molar refractivity (Wildman–Crippen MR) is 103 cm³/mol. The van der Waals surface area contributed by atoms with E-state index in [0.29, 0.717) is 12.2 Å². The maximum Gasteiger partial charge on any atom is 0.306 e. The van der Waals surface area contributed by atoms with E-state index >= 15 is 0 Å². The van der Waals surface area contributed by atoms with E-state index in [1.165, 1.54) is 0 Å². The van der Waals surface area contributed by atoms with Crippen molar-refractivity contribution in [3.05, 3.63) is 65.7 Å². The maximum atomic E-state index is 11.7. The molecule has 2 N–H and O–H groups in total. The first kappa shape index (κ1) is 21.0. The first-order valence-electron chi connectivity index (χ1n) is 8.99. The Morgan fingerprint density at radius 2 is 1.54 bits per heavy atom. The summed E-state index contributed by atoms with van der Waals surface area (Å²) in [4.78, 5) is 35.0. The third kappa shape index (κ3) is 8.35. The number of aryl methyl sites for hydroxylation is 1. The molecule has 2 rings (SSSR count). The SMILES string of the molecule is Cc1ccc(OCC(=O)NNC(=O)CCC(=O)OCCc2ccccc2)cc1. The lowest BCUT2D eigenvalue weighted by Crippen LogP contribution is -2.43. The van der Waals surface area contributed by atoms with Crippen molar-refractivity contribution in [2.75, 3.05) is 13.2 Å². The van der Waals surface area contributed by atoms with E-state index in [4.69, 9.17) is 9.47 Å². The van der Waals surface area contributed by atoms with Gasteiger partial charge in [0.1, 0.15) is 5.75 Å². The van der Waals surface area contributed by atoms with Crippen LogP contribution in [0.3, 0.4) is 0 Å². The quantitative estimate of drug-likeness (QED) is 0.510. The minimum atomic E-state index is -0.501. The monoisotopic (exact) mass is 384 g/mol. The van der Waals surface area contributed by atoms with E-state index in [-0.39, 0.29) is 26.1 Å². The number of esters is 1. The van der Waals surface area contributed by atoms with Crippen LogP contribution in [0.1, 0.15) is 24.0 Å². The van der Waals surface area contributed by atoms with Crippen molar-refractivity contribution < 1.29 is 23.9 Å². The van der Waals surface area contributed by atoms with Crippen LogP contribution in [0.4, 0.5) is 0 Å². The first-order chi connectivity index (χ1) is 13.5. The number of nitrogens with one attached hydrogen (secondary N) is 2. The molecule has 2 aromatic rings. The summed E-state index contributed by atoms with van der Waals surface area (Å²) in [5.41, 5.74) is 6.63. The van der Waals surface area contributed by atoms with Crippen LogP contribution in [0.15, 0.2) is 54.6 Å². The molecular weight excluding hydrogens is 360 g/mol. The van der Waals surface area contributed by atoms with Gasteiger partial charge >= 0.3 is 5.97 Å². The summed E-state index contributed by atoms with van der Waals surface area (Å²) in [6, 6.07) is 16.9. The summed E-state index contributed by atoms with van der Waals surface area (Å²) in [5.74, 6) is -0.881. The number of carbonyl (C=O) groups is 3. The van der Waals surface area contributed by atoms with Gasteiger partial charge in [0.05, 0.1) is 13.0 Å². The van der Waals surface area contributed by atoms with Crippen LogP contribution >= 0.6 is 0 Å². The highest BCUT2D eigenvalue weighted by molar-refractivity contribution is 5.84. The molecule has 28 heavy (non-hydrogen) atoms. The molecule has 2 aromatic carbocycles. The Kier molecular flexibility index (Phi) is 8.52. The number of hydrogen-bond donors (Lipinski definition) is 2. The van der Waals surface area contributed by atoms with Gasteiger partial charge in [-0.3, -0.25) is 25.2 Å². The van der Waals surface area contributed by atoms with Gasteiger partial charge in [0, 0.05) is 12.8 Å². The summed E-state index contributed by atoms with van der Waals surface area (Å²) in [7, 11) is 0. The lowest BCUT2D eigenvalue weighted by atomic mass is 10.2. The Hall–Kier alpha value is -3.35. The second-order valence-corrected chi connectivity index (χ2v) is 6.15. The normalized spacial score (nSPS) is 10.0. The molecule has 0 fully saturated rings. The molecule has 7 heteroatoms. The van der Waals surface area contributed by atoms with Crippen molar-refractivity contribution in [2.45, 2.75) is 26.2 Å². The molecule has 0 radical (unpaired) electrons. The fourth-order valence-corrected chi connectivity index (χ4v) is 2.24. The second kappa shape index (κ2) is 11.4. The molecular formula is C21H24N2O5. The van der Waals surface area contributed by atoms with Gasteiger partial charge < -0.3 is 9.47 Å². The van der Waals surface area contributed by atoms with Crippen molar-refractivity contribution in [2.24, 2.45) is 0 Å². The summed E-state index contributed by atoms with van der Waals surface area (Å²) < 4.78 is 10.4. The summed E-state index contributed by atoms with van der Waals surface area (Å²) >= 11 is 0. The van der Waals surface area contributed by atoms with Crippen LogP contribution in [0, 0.1) is 6.92 Å². The van der Waals surface area contributed by atoms with E-state index in [1.807, 2.05) is 49.4 Å². The lowest BCUT2D eigenvalue weighted by molar-refractivity contribution is -0.145. The average Bonchev–Trinajstić information content (AvgIpc) is 2.71. The Labute approximate surface area is 164 Å². The Balaban J connectivity index is 1.54. The van der Waals surface area contributed by atoms with Gasteiger partial charge in [-0.2, -0.15) is 0 Å². The van der Waals surface area contributed by atoms with E-state index in [1.54, 1.807) is 12.1 Å². The van der Waals surface area contributed by atoms with Gasteiger partial charge in [-0.15, -0.1) is 0 Å². The van der Waals surface area contributed by atoms with Gasteiger partial charge in [0.2, 0.25) is 5.91 Å². The lowest BCUT2D eigenvalue weighted by Gasteiger charge is -2.09. The van der Waals surface area contributed by atoms with Gasteiger partial charge in [0.15, 0.2) is 6.61 Å². The molecule has 0 bridgehead atoms. The van der Waals surface area contributed by atoms with Crippen LogP contribution in [0.5, 0.6) is 5.75 Å². The molecule has 0 spiro atoms. The highest BCUT2D eigenvalue weighted by Crippen LogP contribution is 2.10. The number of amides is 2. The summed E-state index contributed by atoms with van der Waals surface area (Å²) in [6.45, 7) is 1.98. The second-order valence-electron chi connectivity index (χ2n) is 6.15. The Bertz CT molecular complexity index is 775. The molecule has 0 aliphatic heterocycles. The molecule has 0 aliphatic carbocycles. The van der Waals surface area contributed by atoms with Crippen LogP contribution in [0.2, 0.25) is 0 Å². The van der Waals surface area contributed by atoms with E-state index in [0.717, 1.165) is 11.1 Å². The van der Waals surface area contributed by atoms with E-state index in [9.17, 15) is 14.4 Å². The highest BCUT2D eigenvalue weighted by atomic mass is 16.5. The molecule has 0 saturated heterocycles. The van der Waals surface area contributed by atoms with Gasteiger partial charge in [-0.1, -0.05) is 48.0 Å². The molecule has 148 valence electrons. The van der Waals surface area contributed by atoms with E-state index in [2.05, 4.69) is 10.9 Å². The zero-order valence-electron chi connectivity index (χ0n) is 15.8. The third-order valence-corrected chi connectivity index (χ3v) is 3.79. The van der Waals surface area contributed by atoms with Crippen LogP contribution < -0.4 is 15.6 Å². The molecule has 0 aliphatic rings. The van der Waals surface area contributed by atoms with Gasteiger partial charge in [-0.25, -0.2) is 0 Å². The maximum absolute atomic E-state index is 11.7. The molecule has 0 saturated carbocycles. The third-order valence-electron chi connectivity index (χ3n) is 3.79. The molecule has 7 nitrogen and oxygen atoms in total. The highest BCUT2D eigenvalue weighted by Gasteiger charge is 2.09. The Morgan fingerprint density at radius 3 is 2.25 bits per heavy atom. The molecule has 0 heterocycles. The van der Waals surface area contributed by atoms with Crippen molar-refractivity contribution in [3.63, 3.8) is 0 Å². The number of carbonyl (C=O) groups excluding carboxylic acids is 3. The zero-order chi connectivity index (χ0) is 20.2.